The van der Waals surface area contributed by atoms with Gasteiger partial charge in [-0.05, 0) is 38.5 Å². The molecule has 230 valence electrons. The number of hydrogen-bond donors (Lipinski definition) is 2. The number of phosphoric ester groups is 1. The molecular formula is C30H58NO7P. The van der Waals surface area contributed by atoms with Crippen LogP contribution in [0, 0.1) is 0 Å². The minimum Gasteiger partial charge on any atom is -0.457 e. The van der Waals surface area contributed by atoms with Crippen LogP contribution in [-0.2, 0) is 27.9 Å². The van der Waals surface area contributed by atoms with Gasteiger partial charge in [0.1, 0.15) is 6.10 Å². The predicted octanol–water partition coefficient (Wildman–Crippen LogP) is 7.79. The maximum atomic E-state index is 12.4. The highest BCUT2D eigenvalue weighted by Gasteiger charge is 2.25. The Morgan fingerprint density at radius 3 is 2.08 bits per heavy atom. The molecule has 0 saturated carbocycles. The molecule has 2 atom stereocenters. The van der Waals surface area contributed by atoms with Crippen molar-refractivity contribution in [3.63, 3.8) is 0 Å². The lowest BCUT2D eigenvalue weighted by Gasteiger charge is -2.20. The molecule has 9 heteroatoms. The molecule has 0 aliphatic rings. The monoisotopic (exact) mass is 575 g/mol. The summed E-state index contributed by atoms with van der Waals surface area (Å²) < 4.78 is 32.9. The zero-order valence-corrected chi connectivity index (χ0v) is 25.8. The Morgan fingerprint density at radius 1 is 0.769 bits per heavy atom. The summed E-state index contributed by atoms with van der Waals surface area (Å²) >= 11 is 0. The molecule has 2 unspecified atom stereocenters. The van der Waals surface area contributed by atoms with Crippen LogP contribution in [0.3, 0.4) is 0 Å². The van der Waals surface area contributed by atoms with E-state index in [1.54, 1.807) is 0 Å². The Kier molecular flexibility index (Phi) is 27.8. The molecule has 0 bridgehead atoms. The average molecular weight is 576 g/mol. The van der Waals surface area contributed by atoms with Gasteiger partial charge in [0.2, 0.25) is 0 Å². The molecule has 0 rings (SSSR count). The zero-order chi connectivity index (χ0) is 28.9. The number of rotatable bonds is 29. The van der Waals surface area contributed by atoms with E-state index in [1.165, 1.54) is 44.9 Å². The van der Waals surface area contributed by atoms with Crippen LogP contribution in [0.5, 0.6) is 0 Å². The van der Waals surface area contributed by atoms with Gasteiger partial charge in [0.05, 0.1) is 19.8 Å². The summed E-state index contributed by atoms with van der Waals surface area (Å²) in [5.41, 5.74) is 5.31. The fraction of sp³-hybridized carbons (Fsp3) is 0.833. The number of carbonyl (C=O) groups excluding carboxylic acids is 1. The van der Waals surface area contributed by atoms with Gasteiger partial charge < -0.3 is 20.1 Å². The number of esters is 1. The molecule has 0 aromatic heterocycles. The van der Waals surface area contributed by atoms with E-state index in [4.69, 9.17) is 24.3 Å². The summed E-state index contributed by atoms with van der Waals surface area (Å²) in [6.45, 7) is 4.78. The van der Waals surface area contributed by atoms with Crippen molar-refractivity contribution < 1.29 is 32.8 Å². The lowest BCUT2D eigenvalue weighted by molar-refractivity contribution is -0.154. The molecule has 0 aromatic rings. The van der Waals surface area contributed by atoms with Crippen LogP contribution in [0.1, 0.15) is 123 Å². The second-order valence-electron chi connectivity index (χ2n) is 9.97. The van der Waals surface area contributed by atoms with Gasteiger partial charge in [0.15, 0.2) is 0 Å². The standard InChI is InChI=1S/C30H58NO7P/c1-3-5-7-9-11-12-13-14-15-16-17-18-19-21-23-30(32)38-29(28-37-39(33,34)36-26-24-31)27-35-25-22-20-10-8-6-4-2/h9,11,13-14,29H,3-8,10,12,15-28,31H2,1-2H3,(H,33,34)/b11-9-,14-13-. The van der Waals surface area contributed by atoms with Crippen LogP contribution >= 0.6 is 7.82 Å². The van der Waals surface area contributed by atoms with Crippen molar-refractivity contribution >= 4 is 13.8 Å². The van der Waals surface area contributed by atoms with Gasteiger partial charge in [-0.25, -0.2) is 4.57 Å². The number of ether oxygens (including phenoxy) is 2. The molecule has 0 fully saturated rings. The van der Waals surface area contributed by atoms with Crippen molar-refractivity contribution in [3.8, 4) is 0 Å². The van der Waals surface area contributed by atoms with Gasteiger partial charge >= 0.3 is 13.8 Å². The lowest BCUT2D eigenvalue weighted by atomic mass is 10.1. The molecule has 0 aliphatic heterocycles. The summed E-state index contributed by atoms with van der Waals surface area (Å²) in [4.78, 5) is 22.1. The topological polar surface area (TPSA) is 117 Å². The van der Waals surface area contributed by atoms with Crippen LogP contribution in [-0.4, -0.2) is 49.9 Å². The lowest BCUT2D eigenvalue weighted by Crippen LogP contribution is -2.28. The predicted molar refractivity (Wildman–Crippen MR) is 160 cm³/mol. The second kappa shape index (κ2) is 28.5. The molecular weight excluding hydrogens is 517 g/mol. The third-order valence-corrected chi connectivity index (χ3v) is 7.11. The number of carbonyl (C=O) groups is 1. The fourth-order valence-corrected chi connectivity index (χ4v) is 4.60. The molecule has 0 aliphatic carbocycles. The van der Waals surface area contributed by atoms with Gasteiger partial charge in [-0.15, -0.1) is 0 Å². The van der Waals surface area contributed by atoms with E-state index in [1.807, 2.05) is 0 Å². The number of allylic oxidation sites excluding steroid dienone is 4. The molecule has 0 saturated heterocycles. The van der Waals surface area contributed by atoms with Crippen molar-refractivity contribution in [3.05, 3.63) is 24.3 Å². The number of hydrogen-bond acceptors (Lipinski definition) is 7. The summed E-state index contributed by atoms with van der Waals surface area (Å²) in [7, 11) is -4.25. The van der Waals surface area contributed by atoms with Crippen LogP contribution in [0.25, 0.3) is 0 Å². The molecule has 0 amide bonds. The molecule has 0 radical (unpaired) electrons. The Hall–Kier alpha value is -1.02. The van der Waals surface area contributed by atoms with Gasteiger partial charge in [0, 0.05) is 19.6 Å². The summed E-state index contributed by atoms with van der Waals surface area (Å²) in [5, 5.41) is 0. The Balaban J connectivity index is 4.16. The molecule has 0 aromatic carbocycles. The molecule has 0 spiro atoms. The first kappa shape index (κ1) is 38.0. The van der Waals surface area contributed by atoms with Crippen LogP contribution in [0.4, 0.5) is 0 Å². The average Bonchev–Trinajstić information content (AvgIpc) is 2.92. The summed E-state index contributed by atoms with van der Waals surface area (Å²) in [5.74, 6) is -0.350. The number of nitrogens with two attached hydrogens (primary N) is 1. The SMILES string of the molecule is CCCC/C=C\C/C=C\CCCCCCCC(=O)OC(COCCCCCCCC)COP(=O)(O)OCCN. The first-order chi connectivity index (χ1) is 18.9. The first-order valence-corrected chi connectivity index (χ1v) is 16.8. The Bertz CT molecular complexity index is 657. The third-order valence-electron chi connectivity index (χ3n) is 6.12. The van der Waals surface area contributed by atoms with E-state index in [9.17, 15) is 14.3 Å². The second-order valence-corrected chi connectivity index (χ2v) is 11.4. The highest BCUT2D eigenvalue weighted by atomic mass is 31.2. The van der Waals surface area contributed by atoms with E-state index in [2.05, 4.69) is 38.2 Å². The van der Waals surface area contributed by atoms with Gasteiger partial charge in [-0.1, -0.05) is 102 Å². The fourth-order valence-electron chi connectivity index (χ4n) is 3.83. The highest BCUT2D eigenvalue weighted by Crippen LogP contribution is 2.43. The van der Waals surface area contributed by atoms with Crippen molar-refractivity contribution in [1.29, 1.82) is 0 Å². The van der Waals surface area contributed by atoms with E-state index in [0.717, 1.165) is 57.8 Å². The van der Waals surface area contributed by atoms with Gasteiger partial charge in [0.25, 0.3) is 0 Å². The van der Waals surface area contributed by atoms with Gasteiger partial charge in [-0.3, -0.25) is 13.8 Å². The maximum absolute atomic E-state index is 12.4. The smallest absolute Gasteiger partial charge is 0.457 e. The minimum atomic E-state index is -4.25. The molecule has 8 nitrogen and oxygen atoms in total. The van der Waals surface area contributed by atoms with Gasteiger partial charge in [-0.2, -0.15) is 0 Å². The molecule has 0 heterocycles. The minimum absolute atomic E-state index is 0.0977. The molecule has 3 N–H and O–H groups in total. The normalized spacial score (nSPS) is 14.3. The third kappa shape index (κ3) is 28.3. The van der Waals surface area contributed by atoms with E-state index in [-0.39, 0.29) is 32.3 Å². The van der Waals surface area contributed by atoms with Crippen LogP contribution < -0.4 is 5.73 Å². The maximum Gasteiger partial charge on any atom is 0.472 e. The van der Waals surface area contributed by atoms with Crippen molar-refractivity contribution in [2.24, 2.45) is 5.73 Å². The Morgan fingerprint density at radius 2 is 1.38 bits per heavy atom. The zero-order valence-electron chi connectivity index (χ0n) is 24.9. The van der Waals surface area contributed by atoms with Crippen molar-refractivity contribution in [2.75, 3.05) is 33.0 Å². The first-order valence-electron chi connectivity index (χ1n) is 15.3. The summed E-state index contributed by atoms with van der Waals surface area (Å²) in [6.07, 6.45) is 26.3. The van der Waals surface area contributed by atoms with E-state index in [0.29, 0.717) is 13.0 Å². The van der Waals surface area contributed by atoms with Crippen LogP contribution in [0.2, 0.25) is 0 Å². The van der Waals surface area contributed by atoms with Crippen LogP contribution in [0.15, 0.2) is 24.3 Å². The van der Waals surface area contributed by atoms with Crippen molar-refractivity contribution in [1.82, 2.24) is 0 Å². The number of unbranched alkanes of at least 4 members (excludes halogenated alkanes) is 12. The van der Waals surface area contributed by atoms with Crippen molar-refractivity contribution in [2.45, 2.75) is 129 Å². The van der Waals surface area contributed by atoms with E-state index >= 15 is 0 Å². The quantitative estimate of drug-likeness (QED) is 0.0402. The largest absolute Gasteiger partial charge is 0.472 e. The summed E-state index contributed by atoms with van der Waals surface area (Å²) in [6, 6.07) is 0. The van der Waals surface area contributed by atoms with E-state index < -0.39 is 13.9 Å². The number of phosphoric acid groups is 1. The Labute approximate surface area is 238 Å². The highest BCUT2D eigenvalue weighted by molar-refractivity contribution is 7.47. The molecule has 39 heavy (non-hydrogen) atoms.